The van der Waals surface area contributed by atoms with Crippen LogP contribution in [0.15, 0.2) is 0 Å². The van der Waals surface area contributed by atoms with Gasteiger partial charge in [0.05, 0.1) is 12.9 Å². The van der Waals surface area contributed by atoms with E-state index in [-0.39, 0.29) is 12.3 Å². The first-order chi connectivity index (χ1) is 7.17. The fourth-order valence-corrected chi connectivity index (χ4v) is 5.87. The minimum absolute atomic E-state index is 0.149. The van der Waals surface area contributed by atoms with Crippen molar-refractivity contribution in [3.05, 3.63) is 0 Å². The average molecular weight is 265 g/mol. The largest absolute Gasteiger partial charge is 0.468 e. The lowest BCUT2D eigenvalue weighted by molar-refractivity contribution is -0.140. The van der Waals surface area contributed by atoms with Crippen LogP contribution in [0, 0.1) is 0 Å². The first-order valence-electron chi connectivity index (χ1n) is 5.25. The molecule has 1 heterocycles. The van der Waals surface area contributed by atoms with E-state index < -0.39 is 30.1 Å². The van der Waals surface area contributed by atoms with E-state index in [1.165, 1.54) is 11.4 Å². The summed E-state index contributed by atoms with van der Waals surface area (Å²) >= 11 is 0. The van der Waals surface area contributed by atoms with Gasteiger partial charge < -0.3 is 4.74 Å². The van der Waals surface area contributed by atoms with E-state index in [2.05, 4.69) is 24.4 Å². The molecule has 0 bridgehead atoms. The molecule has 1 aliphatic rings. The molecule has 0 aromatic carbocycles. The Morgan fingerprint density at radius 3 is 2.44 bits per heavy atom. The second kappa shape index (κ2) is 4.46. The second-order valence-corrected chi connectivity index (χ2v) is 12.9. The van der Waals surface area contributed by atoms with E-state index >= 15 is 0 Å². The van der Waals surface area contributed by atoms with Gasteiger partial charge in [0.15, 0.2) is 0 Å². The summed E-state index contributed by atoms with van der Waals surface area (Å²) in [6.45, 7) is 6.66. The van der Waals surface area contributed by atoms with Gasteiger partial charge in [-0.3, -0.25) is 4.79 Å². The van der Waals surface area contributed by atoms with Gasteiger partial charge in [0.1, 0.15) is 6.04 Å². The van der Waals surface area contributed by atoms with E-state index in [4.69, 9.17) is 0 Å². The highest BCUT2D eigenvalue weighted by molar-refractivity contribution is 7.89. The minimum atomic E-state index is -3.26. The van der Waals surface area contributed by atoms with E-state index in [1.807, 2.05) is 0 Å². The van der Waals surface area contributed by atoms with Gasteiger partial charge in [-0.25, -0.2) is 8.42 Å². The molecular weight excluding hydrogens is 246 g/mol. The van der Waals surface area contributed by atoms with Crippen molar-refractivity contribution >= 4 is 24.1 Å². The molecule has 7 heteroatoms. The zero-order chi connectivity index (χ0) is 12.6. The smallest absolute Gasteiger partial charge is 0.325 e. The van der Waals surface area contributed by atoms with Crippen LogP contribution in [0.2, 0.25) is 25.7 Å². The molecule has 1 saturated heterocycles. The fourth-order valence-electron chi connectivity index (χ4n) is 1.31. The molecular formula is C9H19NO4SSi. The van der Waals surface area contributed by atoms with Crippen LogP contribution in [0.4, 0.5) is 0 Å². The summed E-state index contributed by atoms with van der Waals surface area (Å²) < 4.78 is 29.4. The van der Waals surface area contributed by atoms with Crippen LogP contribution in [-0.2, 0) is 19.6 Å². The Kier molecular flexibility index (Phi) is 3.81. The Morgan fingerprint density at radius 1 is 1.44 bits per heavy atom. The third-order valence-corrected chi connectivity index (χ3v) is 6.46. The molecule has 1 rings (SSSR count). The predicted molar refractivity (Wildman–Crippen MR) is 64.4 cm³/mol. The number of carbonyl (C=O) groups is 1. The Hall–Kier alpha value is -0.403. The molecule has 0 aliphatic carbocycles. The van der Waals surface area contributed by atoms with E-state index in [9.17, 15) is 13.2 Å². The van der Waals surface area contributed by atoms with Crippen LogP contribution in [0.3, 0.4) is 0 Å². The third-order valence-electron chi connectivity index (χ3n) is 2.51. The summed E-state index contributed by atoms with van der Waals surface area (Å²) in [5, 5.41) is 0. The number of hydrogen-bond acceptors (Lipinski definition) is 4. The molecule has 0 spiro atoms. The van der Waals surface area contributed by atoms with Gasteiger partial charge in [-0.2, -0.15) is 4.31 Å². The molecule has 0 amide bonds. The predicted octanol–water partition coefficient (Wildman–Crippen LogP) is 0.512. The maximum absolute atomic E-state index is 11.8. The number of hydrogen-bond donors (Lipinski definition) is 0. The number of carbonyl (C=O) groups excluding carboxylic acids is 1. The monoisotopic (exact) mass is 265 g/mol. The van der Waals surface area contributed by atoms with Crippen LogP contribution in [-0.4, -0.2) is 52.2 Å². The number of sulfonamides is 1. The number of esters is 1. The van der Waals surface area contributed by atoms with Gasteiger partial charge in [-0.05, 0) is 6.04 Å². The van der Waals surface area contributed by atoms with Crippen molar-refractivity contribution in [2.45, 2.75) is 31.7 Å². The van der Waals surface area contributed by atoms with Crippen LogP contribution < -0.4 is 0 Å². The zero-order valence-electron chi connectivity index (χ0n) is 10.2. The molecule has 94 valence electrons. The molecule has 0 N–H and O–H groups in total. The topological polar surface area (TPSA) is 63.5 Å². The number of nitrogens with zero attached hydrogens (tertiary/aromatic N) is 1. The summed E-state index contributed by atoms with van der Waals surface area (Å²) in [6.07, 6.45) is 0. The molecule has 0 radical (unpaired) electrons. The lowest BCUT2D eigenvalue weighted by Crippen LogP contribution is -2.28. The second-order valence-electron chi connectivity index (χ2n) is 5.24. The lowest BCUT2D eigenvalue weighted by atomic mass is 10.5. The SMILES string of the molecule is COC(=O)C1CN1S(=O)(=O)CC[Si](C)(C)C. The van der Waals surface area contributed by atoms with Crippen molar-refractivity contribution in [3.63, 3.8) is 0 Å². The molecule has 0 aromatic heterocycles. The van der Waals surface area contributed by atoms with Crippen molar-refractivity contribution in [3.8, 4) is 0 Å². The summed E-state index contributed by atoms with van der Waals surface area (Å²) in [6, 6.07) is 0.149. The third kappa shape index (κ3) is 3.57. The fraction of sp³-hybridized carbons (Fsp3) is 0.889. The number of ether oxygens (including phenoxy) is 1. The van der Waals surface area contributed by atoms with Gasteiger partial charge in [-0.15, -0.1) is 0 Å². The Balaban J connectivity index is 2.52. The van der Waals surface area contributed by atoms with E-state index in [0.717, 1.165) is 6.04 Å². The van der Waals surface area contributed by atoms with Crippen molar-refractivity contribution in [1.82, 2.24) is 4.31 Å². The standard InChI is InChI=1S/C9H19NO4SSi/c1-14-9(11)8-7-10(8)15(12,13)5-6-16(2,3)4/h8H,5-7H2,1-4H3. The van der Waals surface area contributed by atoms with E-state index in [0.29, 0.717) is 0 Å². The molecule has 1 fully saturated rings. The Bertz CT molecular complexity index is 373. The molecule has 1 aliphatic heterocycles. The summed E-state index contributed by atoms with van der Waals surface area (Å²) in [7, 11) is -3.35. The molecule has 16 heavy (non-hydrogen) atoms. The zero-order valence-corrected chi connectivity index (χ0v) is 12.0. The first-order valence-corrected chi connectivity index (χ1v) is 10.6. The molecule has 5 nitrogen and oxygen atoms in total. The summed E-state index contributed by atoms with van der Waals surface area (Å²) in [5.41, 5.74) is 0. The van der Waals surface area contributed by atoms with Crippen LogP contribution in [0.1, 0.15) is 0 Å². The maximum atomic E-state index is 11.8. The highest BCUT2D eigenvalue weighted by Gasteiger charge is 2.49. The highest BCUT2D eigenvalue weighted by Crippen LogP contribution is 2.25. The highest BCUT2D eigenvalue weighted by atomic mass is 32.2. The van der Waals surface area contributed by atoms with Crippen molar-refractivity contribution < 1.29 is 17.9 Å². The normalized spacial score (nSPS) is 25.2. The van der Waals surface area contributed by atoms with Crippen molar-refractivity contribution in [2.75, 3.05) is 19.4 Å². The van der Waals surface area contributed by atoms with Crippen LogP contribution in [0.5, 0.6) is 0 Å². The van der Waals surface area contributed by atoms with Crippen molar-refractivity contribution in [2.24, 2.45) is 0 Å². The molecule has 0 aromatic rings. The summed E-state index contributed by atoms with van der Waals surface area (Å²) in [5.74, 6) is -0.312. The lowest BCUT2D eigenvalue weighted by Gasteiger charge is -2.15. The maximum Gasteiger partial charge on any atom is 0.325 e. The molecule has 2 atom stereocenters. The Labute approximate surface area is 97.8 Å². The molecule has 2 unspecified atom stereocenters. The number of methoxy groups -OCH3 is 1. The quantitative estimate of drug-likeness (QED) is 0.413. The van der Waals surface area contributed by atoms with Gasteiger partial charge in [0.25, 0.3) is 0 Å². The average Bonchev–Trinajstić information content (AvgIpc) is 2.92. The van der Waals surface area contributed by atoms with Gasteiger partial charge >= 0.3 is 5.97 Å². The summed E-state index contributed by atoms with van der Waals surface area (Å²) in [4.78, 5) is 11.1. The van der Waals surface area contributed by atoms with Crippen LogP contribution in [0.25, 0.3) is 0 Å². The van der Waals surface area contributed by atoms with Gasteiger partial charge in [0.2, 0.25) is 10.0 Å². The van der Waals surface area contributed by atoms with Gasteiger partial charge in [0, 0.05) is 14.6 Å². The van der Waals surface area contributed by atoms with Crippen LogP contribution >= 0.6 is 0 Å². The number of rotatable bonds is 5. The molecule has 0 saturated carbocycles. The minimum Gasteiger partial charge on any atom is -0.468 e. The first kappa shape index (κ1) is 13.7. The van der Waals surface area contributed by atoms with Crippen molar-refractivity contribution in [1.29, 1.82) is 0 Å². The van der Waals surface area contributed by atoms with E-state index in [1.54, 1.807) is 0 Å². The van der Waals surface area contributed by atoms with Gasteiger partial charge in [-0.1, -0.05) is 19.6 Å². The Morgan fingerprint density at radius 2 is 2.00 bits per heavy atom.